The number of furan rings is 1. The molecule has 3 rings (SSSR count). The Morgan fingerprint density at radius 3 is 2.68 bits per heavy atom. The molecule has 8 nitrogen and oxygen atoms in total. The molecular weight excluding hydrogens is 322 g/mol. The van der Waals surface area contributed by atoms with Gasteiger partial charge in [-0.3, -0.25) is 0 Å². The monoisotopic (exact) mass is 341 g/mol. The highest BCUT2D eigenvalue weighted by Crippen LogP contribution is 2.33. The Morgan fingerprint density at radius 1 is 1.12 bits per heavy atom. The predicted molar refractivity (Wildman–Crippen MR) is 95.3 cm³/mol. The van der Waals surface area contributed by atoms with E-state index in [0.29, 0.717) is 41.1 Å². The van der Waals surface area contributed by atoms with Crippen molar-refractivity contribution in [3.05, 3.63) is 48.7 Å². The van der Waals surface area contributed by atoms with Gasteiger partial charge < -0.3 is 30.3 Å². The van der Waals surface area contributed by atoms with E-state index in [1.54, 1.807) is 26.5 Å². The van der Waals surface area contributed by atoms with Crippen molar-refractivity contribution in [1.29, 1.82) is 0 Å². The SMILES string of the molecule is COc1ccc(Nc2ncnc(NCc3ccco3)c2N)c(OC)c1. The summed E-state index contributed by atoms with van der Waals surface area (Å²) in [4.78, 5) is 8.37. The molecule has 8 heteroatoms. The molecule has 0 bridgehead atoms. The molecule has 0 aliphatic carbocycles. The van der Waals surface area contributed by atoms with Crippen LogP contribution in [-0.2, 0) is 6.54 Å². The molecule has 2 heterocycles. The summed E-state index contributed by atoms with van der Waals surface area (Å²) in [7, 11) is 3.18. The summed E-state index contributed by atoms with van der Waals surface area (Å²) in [6.07, 6.45) is 3.04. The maximum absolute atomic E-state index is 6.17. The molecule has 4 N–H and O–H groups in total. The third-order valence-corrected chi connectivity index (χ3v) is 3.56. The molecule has 0 saturated carbocycles. The van der Waals surface area contributed by atoms with Crippen LogP contribution >= 0.6 is 0 Å². The maximum atomic E-state index is 6.17. The Kier molecular flexibility index (Phi) is 4.89. The van der Waals surface area contributed by atoms with Crippen molar-refractivity contribution in [2.75, 3.05) is 30.6 Å². The third kappa shape index (κ3) is 3.74. The fraction of sp³-hybridized carbons (Fsp3) is 0.176. The number of ether oxygens (including phenoxy) is 2. The summed E-state index contributed by atoms with van der Waals surface area (Å²) >= 11 is 0. The number of rotatable bonds is 7. The lowest BCUT2D eigenvalue weighted by Gasteiger charge is -2.14. The fourth-order valence-corrected chi connectivity index (χ4v) is 2.25. The number of methoxy groups -OCH3 is 2. The van der Waals surface area contributed by atoms with E-state index >= 15 is 0 Å². The minimum absolute atomic E-state index is 0.395. The molecular formula is C17H19N5O3. The summed E-state index contributed by atoms with van der Waals surface area (Å²) < 4.78 is 15.8. The zero-order chi connectivity index (χ0) is 17.6. The average molecular weight is 341 g/mol. The van der Waals surface area contributed by atoms with Crippen LogP contribution in [0.4, 0.5) is 23.0 Å². The van der Waals surface area contributed by atoms with Gasteiger partial charge in [-0.05, 0) is 24.3 Å². The second-order valence-corrected chi connectivity index (χ2v) is 5.11. The Morgan fingerprint density at radius 2 is 1.96 bits per heavy atom. The normalized spacial score (nSPS) is 10.3. The van der Waals surface area contributed by atoms with Gasteiger partial charge in [0.05, 0.1) is 32.7 Å². The summed E-state index contributed by atoms with van der Waals surface area (Å²) in [6.45, 7) is 0.472. The Labute approximate surface area is 145 Å². The van der Waals surface area contributed by atoms with E-state index in [4.69, 9.17) is 19.6 Å². The minimum Gasteiger partial charge on any atom is -0.497 e. The number of nitrogen functional groups attached to an aromatic ring is 1. The van der Waals surface area contributed by atoms with E-state index in [1.165, 1.54) is 6.33 Å². The number of anilines is 4. The Balaban J connectivity index is 1.80. The second kappa shape index (κ2) is 7.43. The largest absolute Gasteiger partial charge is 0.497 e. The summed E-state index contributed by atoms with van der Waals surface area (Å²) in [5, 5.41) is 6.28. The molecule has 0 fully saturated rings. The topological polar surface area (TPSA) is 107 Å². The van der Waals surface area contributed by atoms with Crippen molar-refractivity contribution < 1.29 is 13.9 Å². The number of hydrogen-bond donors (Lipinski definition) is 3. The highest BCUT2D eigenvalue weighted by Gasteiger charge is 2.12. The molecule has 0 aliphatic heterocycles. The molecule has 0 spiro atoms. The van der Waals surface area contributed by atoms with E-state index in [2.05, 4.69) is 20.6 Å². The van der Waals surface area contributed by atoms with Crippen molar-refractivity contribution in [3.63, 3.8) is 0 Å². The lowest BCUT2D eigenvalue weighted by atomic mass is 10.2. The lowest BCUT2D eigenvalue weighted by molar-refractivity contribution is 0.395. The molecule has 25 heavy (non-hydrogen) atoms. The van der Waals surface area contributed by atoms with Gasteiger partial charge in [0.1, 0.15) is 29.3 Å². The summed E-state index contributed by atoms with van der Waals surface area (Å²) in [5.74, 6) is 3.08. The van der Waals surface area contributed by atoms with Gasteiger partial charge >= 0.3 is 0 Å². The first kappa shape index (κ1) is 16.4. The van der Waals surface area contributed by atoms with Crippen LogP contribution in [0.25, 0.3) is 0 Å². The number of benzene rings is 1. The predicted octanol–water partition coefficient (Wildman–Crippen LogP) is 3.02. The van der Waals surface area contributed by atoms with Gasteiger partial charge in [-0.2, -0.15) is 0 Å². The molecule has 0 amide bonds. The summed E-state index contributed by atoms with van der Waals surface area (Å²) in [6, 6.07) is 9.11. The van der Waals surface area contributed by atoms with Crippen LogP contribution < -0.4 is 25.8 Å². The fourth-order valence-electron chi connectivity index (χ4n) is 2.25. The standard InChI is InChI=1S/C17H19N5O3/c1-23-11-5-6-13(14(8-11)24-2)22-17-15(18)16(20-10-21-17)19-9-12-4-3-7-25-12/h3-8,10H,9,18H2,1-2H3,(H2,19,20,21,22). The smallest absolute Gasteiger partial charge is 0.159 e. The number of nitrogens with one attached hydrogen (secondary N) is 2. The number of hydrogen-bond acceptors (Lipinski definition) is 8. The van der Waals surface area contributed by atoms with E-state index in [0.717, 1.165) is 5.76 Å². The first-order chi connectivity index (χ1) is 12.2. The van der Waals surface area contributed by atoms with Crippen LogP contribution in [0, 0.1) is 0 Å². The van der Waals surface area contributed by atoms with Crippen molar-refractivity contribution in [1.82, 2.24) is 9.97 Å². The van der Waals surface area contributed by atoms with E-state index < -0.39 is 0 Å². The van der Waals surface area contributed by atoms with E-state index in [1.807, 2.05) is 24.3 Å². The van der Waals surface area contributed by atoms with Crippen LogP contribution in [0.15, 0.2) is 47.3 Å². The van der Waals surface area contributed by atoms with Crippen molar-refractivity contribution in [2.24, 2.45) is 0 Å². The maximum Gasteiger partial charge on any atom is 0.159 e. The van der Waals surface area contributed by atoms with Crippen LogP contribution in [0.3, 0.4) is 0 Å². The van der Waals surface area contributed by atoms with Gasteiger partial charge in [-0.1, -0.05) is 0 Å². The third-order valence-electron chi connectivity index (χ3n) is 3.56. The van der Waals surface area contributed by atoms with E-state index in [-0.39, 0.29) is 0 Å². The van der Waals surface area contributed by atoms with Crippen molar-refractivity contribution in [3.8, 4) is 11.5 Å². The average Bonchev–Trinajstić information content (AvgIpc) is 3.16. The van der Waals surface area contributed by atoms with Gasteiger partial charge in [0, 0.05) is 6.07 Å². The molecule has 0 radical (unpaired) electrons. The van der Waals surface area contributed by atoms with Crippen LogP contribution in [0.5, 0.6) is 11.5 Å². The molecule has 0 aliphatic rings. The van der Waals surface area contributed by atoms with Gasteiger partial charge in [-0.15, -0.1) is 0 Å². The van der Waals surface area contributed by atoms with Crippen LogP contribution in [-0.4, -0.2) is 24.2 Å². The molecule has 0 atom stereocenters. The minimum atomic E-state index is 0.395. The number of aromatic nitrogens is 2. The molecule has 3 aromatic rings. The first-order valence-electron chi connectivity index (χ1n) is 7.57. The van der Waals surface area contributed by atoms with Crippen LogP contribution in [0.1, 0.15) is 5.76 Å². The Hall–Kier alpha value is -3.42. The van der Waals surface area contributed by atoms with Crippen molar-refractivity contribution in [2.45, 2.75) is 6.54 Å². The van der Waals surface area contributed by atoms with Crippen molar-refractivity contribution >= 4 is 23.0 Å². The summed E-state index contributed by atoms with van der Waals surface area (Å²) in [5.41, 5.74) is 7.28. The second-order valence-electron chi connectivity index (χ2n) is 5.11. The highest BCUT2D eigenvalue weighted by atomic mass is 16.5. The van der Waals surface area contributed by atoms with Crippen LogP contribution in [0.2, 0.25) is 0 Å². The first-order valence-corrected chi connectivity index (χ1v) is 7.57. The zero-order valence-electron chi connectivity index (χ0n) is 13.9. The van der Waals surface area contributed by atoms with E-state index in [9.17, 15) is 0 Å². The number of nitrogens with zero attached hydrogens (tertiary/aromatic N) is 2. The van der Waals surface area contributed by atoms with Gasteiger partial charge in [0.2, 0.25) is 0 Å². The molecule has 2 aromatic heterocycles. The molecule has 130 valence electrons. The zero-order valence-corrected chi connectivity index (χ0v) is 13.9. The Bertz CT molecular complexity index is 836. The van der Waals surface area contributed by atoms with Gasteiger partial charge in [-0.25, -0.2) is 9.97 Å². The molecule has 0 saturated heterocycles. The quantitative estimate of drug-likeness (QED) is 0.602. The van der Waals surface area contributed by atoms with Gasteiger partial charge in [0.25, 0.3) is 0 Å². The molecule has 0 unspecified atom stereocenters. The lowest BCUT2D eigenvalue weighted by Crippen LogP contribution is -2.08. The highest BCUT2D eigenvalue weighted by molar-refractivity contribution is 5.79. The number of nitrogens with two attached hydrogens (primary N) is 1. The molecule has 1 aromatic carbocycles. The van der Waals surface area contributed by atoms with Gasteiger partial charge in [0.15, 0.2) is 11.6 Å².